The molecule has 0 amide bonds. The number of imidazole rings is 1. The lowest BCUT2D eigenvalue weighted by atomic mass is 9.85. The van der Waals surface area contributed by atoms with E-state index in [1.54, 1.807) is 6.33 Å². The minimum absolute atomic E-state index is 0.114. The SMILES string of the molecule is CC1(C=NCCSCc2cnc[nH]2)C=CC=CC1. The summed E-state index contributed by atoms with van der Waals surface area (Å²) in [4.78, 5) is 11.6. The quantitative estimate of drug-likeness (QED) is 0.631. The number of hydrogen-bond acceptors (Lipinski definition) is 3. The van der Waals surface area contributed by atoms with Gasteiger partial charge in [0.2, 0.25) is 0 Å². The summed E-state index contributed by atoms with van der Waals surface area (Å²) in [5, 5.41) is 0. The highest BCUT2D eigenvalue weighted by Gasteiger charge is 2.17. The maximum atomic E-state index is 4.53. The van der Waals surface area contributed by atoms with Crippen molar-refractivity contribution in [2.75, 3.05) is 12.3 Å². The van der Waals surface area contributed by atoms with Crippen LogP contribution in [0.4, 0.5) is 0 Å². The van der Waals surface area contributed by atoms with Crippen LogP contribution < -0.4 is 0 Å². The Bertz CT molecular complexity index is 434. The first-order valence-electron chi connectivity index (χ1n) is 6.19. The van der Waals surface area contributed by atoms with Crippen LogP contribution in [0.3, 0.4) is 0 Å². The summed E-state index contributed by atoms with van der Waals surface area (Å²) in [6.45, 7) is 3.10. The highest BCUT2D eigenvalue weighted by molar-refractivity contribution is 7.98. The Labute approximate surface area is 113 Å². The molecule has 1 heterocycles. The lowest BCUT2D eigenvalue weighted by Gasteiger charge is -2.20. The van der Waals surface area contributed by atoms with Gasteiger partial charge >= 0.3 is 0 Å². The molecule has 1 atom stereocenters. The second kappa shape index (κ2) is 6.59. The van der Waals surface area contributed by atoms with E-state index in [1.807, 2.05) is 18.0 Å². The normalized spacial score (nSPS) is 22.9. The molecule has 4 heteroatoms. The third-order valence-electron chi connectivity index (χ3n) is 2.85. The number of thioether (sulfide) groups is 1. The third-order valence-corrected chi connectivity index (χ3v) is 3.83. The van der Waals surface area contributed by atoms with Gasteiger partial charge in [-0.2, -0.15) is 11.8 Å². The summed E-state index contributed by atoms with van der Waals surface area (Å²) in [6, 6.07) is 0. The molecule has 0 aliphatic heterocycles. The molecule has 0 bridgehead atoms. The molecule has 1 aromatic rings. The number of hydrogen-bond donors (Lipinski definition) is 1. The molecule has 1 N–H and O–H groups in total. The van der Waals surface area contributed by atoms with Gasteiger partial charge in [0.15, 0.2) is 0 Å². The number of H-pyrrole nitrogens is 1. The van der Waals surface area contributed by atoms with E-state index in [2.05, 4.69) is 52.4 Å². The van der Waals surface area contributed by atoms with Gasteiger partial charge in [0.1, 0.15) is 0 Å². The fourth-order valence-corrected chi connectivity index (χ4v) is 2.53. The molecule has 0 saturated carbocycles. The molecule has 3 nitrogen and oxygen atoms in total. The molecule has 18 heavy (non-hydrogen) atoms. The van der Waals surface area contributed by atoms with E-state index in [4.69, 9.17) is 0 Å². The Hall–Kier alpha value is -1.29. The van der Waals surface area contributed by atoms with E-state index in [0.717, 1.165) is 24.5 Å². The van der Waals surface area contributed by atoms with Crippen molar-refractivity contribution in [1.82, 2.24) is 9.97 Å². The molecule has 0 saturated heterocycles. The molecule has 1 aliphatic carbocycles. The molecule has 1 aromatic heterocycles. The largest absolute Gasteiger partial charge is 0.348 e. The Morgan fingerprint density at radius 3 is 3.22 bits per heavy atom. The van der Waals surface area contributed by atoms with Crippen LogP contribution in [0.15, 0.2) is 41.8 Å². The van der Waals surface area contributed by atoms with Crippen LogP contribution in [0.2, 0.25) is 0 Å². The van der Waals surface area contributed by atoms with Crippen LogP contribution in [-0.4, -0.2) is 28.5 Å². The van der Waals surface area contributed by atoms with Gasteiger partial charge in [-0.3, -0.25) is 4.99 Å². The minimum Gasteiger partial charge on any atom is -0.348 e. The van der Waals surface area contributed by atoms with E-state index in [0.29, 0.717) is 0 Å². The lowest BCUT2D eigenvalue weighted by molar-refractivity contribution is 0.614. The van der Waals surface area contributed by atoms with E-state index in [-0.39, 0.29) is 5.41 Å². The number of allylic oxidation sites excluding steroid dienone is 4. The van der Waals surface area contributed by atoms with E-state index < -0.39 is 0 Å². The zero-order chi connectivity index (χ0) is 12.7. The molecular formula is C14H19N3S. The number of nitrogens with one attached hydrogen (secondary N) is 1. The smallest absolute Gasteiger partial charge is 0.0921 e. The van der Waals surface area contributed by atoms with Gasteiger partial charge in [-0.05, 0) is 6.42 Å². The first-order valence-corrected chi connectivity index (χ1v) is 7.34. The maximum absolute atomic E-state index is 4.53. The fourth-order valence-electron chi connectivity index (χ4n) is 1.78. The summed E-state index contributed by atoms with van der Waals surface area (Å²) in [5.74, 6) is 2.03. The van der Waals surface area contributed by atoms with Crippen LogP contribution in [0.25, 0.3) is 0 Å². The first-order chi connectivity index (χ1) is 8.79. The van der Waals surface area contributed by atoms with Gasteiger partial charge in [0.05, 0.1) is 6.33 Å². The molecule has 1 unspecified atom stereocenters. The molecule has 0 aromatic carbocycles. The number of rotatable bonds is 6. The van der Waals surface area contributed by atoms with Gasteiger partial charge in [-0.25, -0.2) is 4.98 Å². The van der Waals surface area contributed by atoms with E-state index in [1.165, 1.54) is 5.69 Å². The number of nitrogens with zero attached hydrogens (tertiary/aromatic N) is 2. The van der Waals surface area contributed by atoms with Gasteiger partial charge in [-0.15, -0.1) is 0 Å². The van der Waals surface area contributed by atoms with Crippen molar-refractivity contribution < 1.29 is 0 Å². The Kier molecular flexibility index (Phi) is 4.81. The van der Waals surface area contributed by atoms with Crippen molar-refractivity contribution in [2.24, 2.45) is 10.4 Å². The van der Waals surface area contributed by atoms with Crippen molar-refractivity contribution in [2.45, 2.75) is 19.1 Å². The summed E-state index contributed by atoms with van der Waals surface area (Å²) in [5.41, 5.74) is 1.29. The summed E-state index contributed by atoms with van der Waals surface area (Å²) >= 11 is 1.88. The van der Waals surface area contributed by atoms with Gasteiger partial charge in [-0.1, -0.05) is 31.2 Å². The highest BCUT2D eigenvalue weighted by Crippen LogP contribution is 2.24. The molecule has 0 radical (unpaired) electrons. The predicted octanol–water partition coefficient (Wildman–Crippen LogP) is 3.24. The predicted molar refractivity (Wildman–Crippen MR) is 79.1 cm³/mol. The van der Waals surface area contributed by atoms with Crippen LogP contribution in [0, 0.1) is 5.41 Å². The van der Waals surface area contributed by atoms with Crippen molar-refractivity contribution in [3.05, 3.63) is 42.5 Å². The van der Waals surface area contributed by atoms with Crippen molar-refractivity contribution in [3.8, 4) is 0 Å². The number of aromatic amines is 1. The van der Waals surface area contributed by atoms with E-state index >= 15 is 0 Å². The van der Waals surface area contributed by atoms with Crippen molar-refractivity contribution >= 4 is 18.0 Å². The van der Waals surface area contributed by atoms with E-state index in [9.17, 15) is 0 Å². The molecule has 0 spiro atoms. The second-order valence-corrected chi connectivity index (χ2v) is 5.77. The van der Waals surface area contributed by atoms with Crippen LogP contribution in [-0.2, 0) is 5.75 Å². The van der Waals surface area contributed by atoms with Crippen LogP contribution >= 0.6 is 11.8 Å². The van der Waals surface area contributed by atoms with Gasteiger partial charge < -0.3 is 4.98 Å². The summed E-state index contributed by atoms with van der Waals surface area (Å²) in [6.07, 6.45) is 15.3. The maximum Gasteiger partial charge on any atom is 0.0921 e. The standard InChI is InChI=1S/C14H19N3S/c1-14(5-3-2-4-6-14)11-15-7-8-18-10-13-9-16-12-17-13/h2-5,9,11-12H,6-8,10H2,1H3,(H,16,17). The lowest BCUT2D eigenvalue weighted by Crippen LogP contribution is -2.15. The number of aromatic nitrogens is 2. The fraction of sp³-hybridized carbons (Fsp3) is 0.429. The molecule has 0 fully saturated rings. The molecule has 96 valence electrons. The van der Waals surface area contributed by atoms with Crippen LogP contribution in [0.1, 0.15) is 19.0 Å². The monoisotopic (exact) mass is 261 g/mol. The minimum atomic E-state index is 0.114. The zero-order valence-corrected chi connectivity index (χ0v) is 11.5. The molecular weight excluding hydrogens is 242 g/mol. The Morgan fingerprint density at radius 1 is 1.56 bits per heavy atom. The molecule has 2 rings (SSSR count). The Balaban J connectivity index is 1.63. The topological polar surface area (TPSA) is 41.0 Å². The third kappa shape index (κ3) is 4.18. The first kappa shape index (κ1) is 13.1. The second-order valence-electron chi connectivity index (χ2n) is 4.66. The average molecular weight is 261 g/mol. The summed E-state index contributed by atoms with van der Waals surface area (Å²) < 4.78 is 0. The number of aliphatic imine (C=N–C) groups is 1. The highest BCUT2D eigenvalue weighted by atomic mass is 32.2. The van der Waals surface area contributed by atoms with Gasteiger partial charge in [0, 0.05) is 41.6 Å². The van der Waals surface area contributed by atoms with Crippen LogP contribution in [0.5, 0.6) is 0 Å². The molecule has 1 aliphatic rings. The zero-order valence-electron chi connectivity index (χ0n) is 10.7. The Morgan fingerprint density at radius 2 is 2.50 bits per heavy atom. The van der Waals surface area contributed by atoms with Gasteiger partial charge in [0.25, 0.3) is 0 Å². The summed E-state index contributed by atoms with van der Waals surface area (Å²) in [7, 11) is 0. The average Bonchev–Trinajstić information content (AvgIpc) is 2.87. The van der Waals surface area contributed by atoms with Crippen molar-refractivity contribution in [1.29, 1.82) is 0 Å². The van der Waals surface area contributed by atoms with Crippen molar-refractivity contribution in [3.63, 3.8) is 0 Å².